The molecule has 86 valence electrons. The summed E-state index contributed by atoms with van der Waals surface area (Å²) in [5, 5.41) is 10.6. The molecule has 0 aliphatic carbocycles. The molecule has 0 N–H and O–H groups in total. The monoisotopic (exact) mass is 223 g/mol. The van der Waals surface area contributed by atoms with E-state index in [0.717, 1.165) is 0 Å². The van der Waals surface area contributed by atoms with Crippen molar-refractivity contribution < 1.29 is 14.4 Å². The molecule has 1 heterocycles. The van der Waals surface area contributed by atoms with Crippen molar-refractivity contribution in [3.8, 4) is 11.5 Å². The molecule has 0 saturated carbocycles. The molecule has 0 bridgehead atoms. The molecule has 5 nitrogen and oxygen atoms in total. The van der Waals surface area contributed by atoms with Gasteiger partial charge in [0.25, 0.3) is 5.69 Å². The van der Waals surface area contributed by atoms with Crippen LogP contribution in [0.5, 0.6) is 11.5 Å². The Labute approximate surface area is 93.1 Å². The number of ether oxygens (including phenoxy) is 2. The summed E-state index contributed by atoms with van der Waals surface area (Å²) in [5.41, 5.74) is -0.162. The molecule has 0 amide bonds. The van der Waals surface area contributed by atoms with E-state index in [1.54, 1.807) is 6.07 Å². The number of hydrogen-bond donors (Lipinski definition) is 0. The minimum atomic E-state index is -0.450. The molecule has 0 saturated heterocycles. The number of nitro groups is 1. The molecule has 1 aliphatic rings. The van der Waals surface area contributed by atoms with Crippen LogP contribution in [0.2, 0.25) is 0 Å². The topological polar surface area (TPSA) is 61.6 Å². The third kappa shape index (κ3) is 1.80. The first kappa shape index (κ1) is 10.7. The van der Waals surface area contributed by atoms with Crippen molar-refractivity contribution in [1.29, 1.82) is 0 Å². The van der Waals surface area contributed by atoms with Gasteiger partial charge in [-0.1, -0.05) is 20.8 Å². The van der Waals surface area contributed by atoms with Crippen LogP contribution >= 0.6 is 0 Å². The first-order chi connectivity index (χ1) is 7.38. The van der Waals surface area contributed by atoms with E-state index < -0.39 is 11.2 Å². The zero-order valence-electron chi connectivity index (χ0n) is 9.39. The van der Waals surface area contributed by atoms with Gasteiger partial charge in [0.15, 0.2) is 11.5 Å². The van der Waals surface area contributed by atoms with Crippen LogP contribution in [-0.4, -0.2) is 11.2 Å². The van der Waals surface area contributed by atoms with E-state index in [2.05, 4.69) is 0 Å². The van der Waals surface area contributed by atoms with E-state index in [9.17, 15) is 10.1 Å². The summed E-state index contributed by atoms with van der Waals surface area (Å²) in [6.07, 6.45) is -0.399. The van der Waals surface area contributed by atoms with Crippen LogP contribution in [0.4, 0.5) is 5.69 Å². The Morgan fingerprint density at radius 3 is 2.44 bits per heavy atom. The Balaban J connectivity index is 2.28. The second-order valence-corrected chi connectivity index (χ2v) is 4.82. The van der Waals surface area contributed by atoms with E-state index in [0.29, 0.717) is 11.5 Å². The largest absolute Gasteiger partial charge is 0.450 e. The Hall–Kier alpha value is -1.78. The zero-order valence-corrected chi connectivity index (χ0v) is 9.39. The number of fused-ring (bicyclic) bond motifs is 1. The van der Waals surface area contributed by atoms with Crippen LogP contribution < -0.4 is 9.47 Å². The highest BCUT2D eigenvalue weighted by Crippen LogP contribution is 2.41. The third-order valence-electron chi connectivity index (χ3n) is 2.31. The molecule has 0 aromatic heterocycles. The normalized spacial score (nSPS) is 18.6. The van der Waals surface area contributed by atoms with Gasteiger partial charge in [-0.25, -0.2) is 0 Å². The van der Waals surface area contributed by atoms with Crippen molar-refractivity contribution >= 4 is 5.69 Å². The first-order valence-electron chi connectivity index (χ1n) is 5.00. The average molecular weight is 223 g/mol. The molecule has 16 heavy (non-hydrogen) atoms. The summed E-state index contributed by atoms with van der Waals surface area (Å²) < 4.78 is 11.1. The van der Waals surface area contributed by atoms with E-state index in [4.69, 9.17) is 9.47 Å². The first-order valence-corrected chi connectivity index (χ1v) is 5.00. The van der Waals surface area contributed by atoms with Crippen molar-refractivity contribution in [3.05, 3.63) is 28.3 Å². The molecule has 2 rings (SSSR count). The molecule has 1 atom stereocenters. The average Bonchev–Trinajstić information content (AvgIpc) is 2.58. The summed E-state index contributed by atoms with van der Waals surface area (Å²) >= 11 is 0. The van der Waals surface area contributed by atoms with E-state index in [-0.39, 0.29) is 11.1 Å². The Bertz CT molecular complexity index is 436. The van der Waals surface area contributed by atoms with Gasteiger partial charge >= 0.3 is 0 Å². The van der Waals surface area contributed by atoms with Gasteiger partial charge in [-0.3, -0.25) is 10.1 Å². The minimum Gasteiger partial charge on any atom is -0.450 e. The minimum absolute atomic E-state index is 0.0110. The van der Waals surface area contributed by atoms with Crippen LogP contribution in [-0.2, 0) is 0 Å². The molecular formula is C11H13NO4. The molecule has 1 aromatic carbocycles. The molecular weight excluding hydrogens is 210 g/mol. The molecule has 1 unspecified atom stereocenters. The van der Waals surface area contributed by atoms with Gasteiger partial charge in [-0.05, 0) is 6.07 Å². The number of benzene rings is 1. The third-order valence-corrected chi connectivity index (χ3v) is 2.31. The van der Waals surface area contributed by atoms with Crippen LogP contribution in [0.15, 0.2) is 18.2 Å². The van der Waals surface area contributed by atoms with Gasteiger partial charge in [0.1, 0.15) is 0 Å². The summed E-state index contributed by atoms with van der Waals surface area (Å²) in [7, 11) is 0. The van der Waals surface area contributed by atoms with Crippen molar-refractivity contribution in [2.45, 2.75) is 27.1 Å². The summed E-state index contributed by atoms with van der Waals surface area (Å²) in [4.78, 5) is 10.1. The lowest BCUT2D eigenvalue weighted by Gasteiger charge is -2.24. The molecule has 1 aliphatic heterocycles. The van der Waals surface area contributed by atoms with Crippen LogP contribution in [0.1, 0.15) is 20.8 Å². The number of nitro benzene ring substituents is 1. The Kier molecular flexibility index (Phi) is 2.26. The van der Waals surface area contributed by atoms with Gasteiger partial charge in [-0.2, -0.15) is 0 Å². The van der Waals surface area contributed by atoms with Gasteiger partial charge in [0.05, 0.1) is 11.0 Å². The second-order valence-electron chi connectivity index (χ2n) is 4.82. The standard InChI is InChI=1S/C11H13NO4/c1-11(2,3)10-15-8-5-4-7(12(13)14)6-9(8)16-10/h4-6,10H,1-3H3. The summed E-state index contributed by atoms with van der Waals surface area (Å²) in [5.74, 6) is 1.000. The summed E-state index contributed by atoms with van der Waals surface area (Å²) in [6, 6.07) is 4.37. The SMILES string of the molecule is CC(C)(C)C1Oc2ccc([N+](=O)[O-])cc2O1. The predicted molar refractivity (Wildman–Crippen MR) is 57.6 cm³/mol. The van der Waals surface area contributed by atoms with Crippen molar-refractivity contribution in [2.75, 3.05) is 0 Å². The van der Waals surface area contributed by atoms with Gasteiger partial charge in [0, 0.05) is 11.5 Å². The quantitative estimate of drug-likeness (QED) is 0.542. The highest BCUT2D eigenvalue weighted by Gasteiger charge is 2.35. The van der Waals surface area contributed by atoms with Crippen molar-refractivity contribution in [1.82, 2.24) is 0 Å². The van der Waals surface area contributed by atoms with Crippen molar-refractivity contribution in [3.63, 3.8) is 0 Å². The van der Waals surface area contributed by atoms with Crippen LogP contribution in [0, 0.1) is 15.5 Å². The fourth-order valence-corrected chi connectivity index (χ4v) is 1.41. The van der Waals surface area contributed by atoms with E-state index >= 15 is 0 Å². The van der Waals surface area contributed by atoms with Gasteiger partial charge in [-0.15, -0.1) is 0 Å². The maximum absolute atomic E-state index is 10.6. The second kappa shape index (κ2) is 3.37. The predicted octanol–water partition coefficient (Wildman–Crippen LogP) is 2.74. The van der Waals surface area contributed by atoms with E-state index in [1.807, 2.05) is 20.8 Å². The number of rotatable bonds is 1. The number of nitrogens with zero attached hydrogens (tertiary/aromatic N) is 1. The Morgan fingerprint density at radius 1 is 1.25 bits per heavy atom. The molecule has 0 spiro atoms. The number of non-ortho nitro benzene ring substituents is 1. The lowest BCUT2D eigenvalue weighted by Crippen LogP contribution is -2.33. The lowest BCUT2D eigenvalue weighted by atomic mass is 9.96. The molecule has 0 radical (unpaired) electrons. The van der Waals surface area contributed by atoms with E-state index in [1.165, 1.54) is 12.1 Å². The summed E-state index contributed by atoms with van der Waals surface area (Å²) in [6.45, 7) is 5.95. The van der Waals surface area contributed by atoms with Crippen LogP contribution in [0.25, 0.3) is 0 Å². The van der Waals surface area contributed by atoms with Gasteiger partial charge < -0.3 is 9.47 Å². The number of hydrogen-bond acceptors (Lipinski definition) is 4. The molecule has 5 heteroatoms. The highest BCUT2D eigenvalue weighted by atomic mass is 16.7. The van der Waals surface area contributed by atoms with Crippen LogP contribution in [0.3, 0.4) is 0 Å². The maximum atomic E-state index is 10.6. The zero-order chi connectivity index (χ0) is 11.9. The fourth-order valence-electron chi connectivity index (χ4n) is 1.41. The lowest BCUT2D eigenvalue weighted by molar-refractivity contribution is -0.384. The molecule has 1 aromatic rings. The smallest absolute Gasteiger partial charge is 0.273 e. The highest BCUT2D eigenvalue weighted by molar-refractivity contribution is 5.50. The van der Waals surface area contributed by atoms with Crippen molar-refractivity contribution in [2.24, 2.45) is 5.41 Å². The molecule has 0 fully saturated rings. The maximum Gasteiger partial charge on any atom is 0.273 e. The Morgan fingerprint density at radius 2 is 1.88 bits per heavy atom. The van der Waals surface area contributed by atoms with Gasteiger partial charge in [0.2, 0.25) is 6.29 Å². The fraction of sp³-hybridized carbons (Fsp3) is 0.455.